The third-order valence-corrected chi connectivity index (χ3v) is 4.43. The minimum absolute atomic E-state index is 0.401. The van der Waals surface area contributed by atoms with Crippen molar-refractivity contribution in [2.45, 2.75) is 37.8 Å². The predicted molar refractivity (Wildman–Crippen MR) is 75.3 cm³/mol. The van der Waals surface area contributed by atoms with E-state index in [0.717, 1.165) is 19.6 Å². The highest BCUT2D eigenvalue weighted by atomic mass is 16.5. The Kier molecular flexibility index (Phi) is 3.71. The monoisotopic (exact) mass is 261 g/mol. The molecule has 0 aromatic carbocycles. The Hall–Kier alpha value is -1.13. The van der Waals surface area contributed by atoms with Gasteiger partial charge in [0.05, 0.1) is 7.11 Å². The largest absolute Gasteiger partial charge is 0.481 e. The van der Waals surface area contributed by atoms with Gasteiger partial charge in [-0.1, -0.05) is 18.9 Å². The zero-order chi connectivity index (χ0) is 13.1. The number of nitrogens with one attached hydrogen (secondary N) is 1. The van der Waals surface area contributed by atoms with E-state index in [9.17, 15) is 0 Å². The molecule has 1 aliphatic heterocycles. The molecule has 1 aromatic rings. The van der Waals surface area contributed by atoms with E-state index in [-0.39, 0.29) is 0 Å². The summed E-state index contributed by atoms with van der Waals surface area (Å²) in [6.45, 7) is 4.43. The van der Waals surface area contributed by atoms with Crippen LogP contribution in [0.1, 0.15) is 31.2 Å². The zero-order valence-corrected chi connectivity index (χ0v) is 11.7. The van der Waals surface area contributed by atoms with Crippen LogP contribution in [0.5, 0.6) is 5.88 Å². The van der Waals surface area contributed by atoms with Crippen LogP contribution in [0.4, 0.5) is 0 Å². The molecule has 0 bridgehead atoms. The van der Waals surface area contributed by atoms with Crippen molar-refractivity contribution < 1.29 is 4.74 Å². The molecule has 4 heteroatoms. The summed E-state index contributed by atoms with van der Waals surface area (Å²) in [7, 11) is 1.65. The Balaban J connectivity index is 1.62. The molecule has 1 aliphatic carbocycles. The van der Waals surface area contributed by atoms with E-state index in [2.05, 4.69) is 21.3 Å². The van der Waals surface area contributed by atoms with Crippen LogP contribution in [0.3, 0.4) is 0 Å². The number of aromatic nitrogens is 1. The Morgan fingerprint density at radius 1 is 1.37 bits per heavy atom. The average molecular weight is 261 g/mol. The molecule has 1 spiro atoms. The first-order valence-electron chi connectivity index (χ1n) is 7.26. The molecule has 0 radical (unpaired) electrons. The molecule has 3 rings (SSSR count). The summed E-state index contributed by atoms with van der Waals surface area (Å²) in [5, 5.41) is 3.75. The maximum absolute atomic E-state index is 5.10. The predicted octanol–water partition coefficient (Wildman–Crippen LogP) is 1.81. The first kappa shape index (κ1) is 12.9. The fraction of sp³-hybridized carbons (Fsp3) is 0.667. The van der Waals surface area contributed by atoms with Gasteiger partial charge in [-0.15, -0.1) is 0 Å². The number of piperazine rings is 1. The van der Waals surface area contributed by atoms with Gasteiger partial charge in [-0.25, -0.2) is 4.98 Å². The van der Waals surface area contributed by atoms with Crippen molar-refractivity contribution in [3.8, 4) is 5.88 Å². The molecule has 19 heavy (non-hydrogen) atoms. The first-order valence-corrected chi connectivity index (χ1v) is 7.26. The van der Waals surface area contributed by atoms with Crippen molar-refractivity contribution in [1.82, 2.24) is 15.2 Å². The van der Waals surface area contributed by atoms with Crippen molar-refractivity contribution in [3.05, 3.63) is 23.9 Å². The van der Waals surface area contributed by atoms with Crippen LogP contribution in [0.2, 0.25) is 0 Å². The Morgan fingerprint density at radius 3 is 2.89 bits per heavy atom. The van der Waals surface area contributed by atoms with Gasteiger partial charge in [-0.3, -0.25) is 4.90 Å². The molecule has 1 N–H and O–H groups in total. The summed E-state index contributed by atoms with van der Waals surface area (Å²) >= 11 is 0. The third-order valence-electron chi connectivity index (χ3n) is 4.43. The highest BCUT2D eigenvalue weighted by Crippen LogP contribution is 2.32. The van der Waals surface area contributed by atoms with Gasteiger partial charge in [0.1, 0.15) is 0 Å². The van der Waals surface area contributed by atoms with Crippen molar-refractivity contribution in [2.75, 3.05) is 26.7 Å². The van der Waals surface area contributed by atoms with Crippen LogP contribution in [0.15, 0.2) is 18.3 Å². The average Bonchev–Trinajstić information content (AvgIpc) is 2.88. The molecular weight excluding hydrogens is 238 g/mol. The highest BCUT2D eigenvalue weighted by Gasteiger charge is 2.37. The van der Waals surface area contributed by atoms with E-state index < -0.39 is 0 Å². The summed E-state index contributed by atoms with van der Waals surface area (Å²) < 4.78 is 5.10. The molecule has 104 valence electrons. The van der Waals surface area contributed by atoms with Crippen LogP contribution < -0.4 is 10.1 Å². The Bertz CT molecular complexity index is 412. The van der Waals surface area contributed by atoms with Gasteiger partial charge in [0.2, 0.25) is 5.88 Å². The maximum atomic E-state index is 5.10. The van der Waals surface area contributed by atoms with E-state index in [4.69, 9.17) is 4.74 Å². The molecule has 2 heterocycles. The number of pyridine rings is 1. The van der Waals surface area contributed by atoms with E-state index in [1.54, 1.807) is 7.11 Å². The van der Waals surface area contributed by atoms with Gasteiger partial charge in [0.15, 0.2) is 0 Å². The summed E-state index contributed by atoms with van der Waals surface area (Å²) in [6, 6.07) is 4.07. The first-order chi connectivity index (χ1) is 9.30. The number of hydrogen-bond donors (Lipinski definition) is 1. The van der Waals surface area contributed by atoms with Crippen LogP contribution in [0.25, 0.3) is 0 Å². The highest BCUT2D eigenvalue weighted by molar-refractivity contribution is 5.18. The molecule has 0 unspecified atom stereocenters. The smallest absolute Gasteiger partial charge is 0.212 e. The lowest BCUT2D eigenvalue weighted by Gasteiger charge is -2.41. The summed E-state index contributed by atoms with van der Waals surface area (Å²) in [5.41, 5.74) is 1.67. The Morgan fingerprint density at radius 2 is 2.21 bits per heavy atom. The van der Waals surface area contributed by atoms with Crippen LogP contribution in [-0.2, 0) is 6.54 Å². The van der Waals surface area contributed by atoms with E-state index in [1.165, 1.54) is 37.8 Å². The fourth-order valence-corrected chi connectivity index (χ4v) is 3.45. The zero-order valence-electron chi connectivity index (χ0n) is 11.7. The second-order valence-electron chi connectivity index (χ2n) is 5.83. The SMILES string of the molecule is COc1ccc(CN2CCNC3(CCCC3)C2)cn1. The maximum Gasteiger partial charge on any atom is 0.212 e. The quantitative estimate of drug-likeness (QED) is 0.900. The van der Waals surface area contributed by atoms with E-state index >= 15 is 0 Å². The lowest BCUT2D eigenvalue weighted by atomic mass is 9.94. The standard InChI is InChI=1S/C15H23N3O/c1-19-14-5-4-13(10-16-14)11-18-9-8-17-15(12-18)6-2-3-7-15/h4-5,10,17H,2-3,6-9,11-12H2,1H3. The molecule has 0 atom stereocenters. The van der Waals surface area contributed by atoms with Crippen LogP contribution >= 0.6 is 0 Å². The summed E-state index contributed by atoms with van der Waals surface area (Å²) in [4.78, 5) is 6.85. The number of methoxy groups -OCH3 is 1. The van der Waals surface area contributed by atoms with Gasteiger partial charge in [-0.05, 0) is 18.4 Å². The molecule has 2 aliphatic rings. The van der Waals surface area contributed by atoms with Crippen molar-refractivity contribution in [2.24, 2.45) is 0 Å². The number of hydrogen-bond acceptors (Lipinski definition) is 4. The molecule has 1 aromatic heterocycles. The van der Waals surface area contributed by atoms with Crippen molar-refractivity contribution in [3.63, 3.8) is 0 Å². The second kappa shape index (κ2) is 5.47. The van der Waals surface area contributed by atoms with Gasteiger partial charge in [0, 0.05) is 44.0 Å². The van der Waals surface area contributed by atoms with Crippen LogP contribution in [0, 0.1) is 0 Å². The molecular formula is C15H23N3O. The lowest BCUT2D eigenvalue weighted by Crippen LogP contribution is -2.58. The van der Waals surface area contributed by atoms with Gasteiger partial charge in [0.25, 0.3) is 0 Å². The fourth-order valence-electron chi connectivity index (χ4n) is 3.45. The minimum atomic E-state index is 0.401. The molecule has 0 amide bonds. The van der Waals surface area contributed by atoms with Gasteiger partial charge >= 0.3 is 0 Å². The third kappa shape index (κ3) is 2.90. The molecule has 1 saturated carbocycles. The minimum Gasteiger partial charge on any atom is -0.481 e. The van der Waals surface area contributed by atoms with E-state index in [0.29, 0.717) is 11.4 Å². The van der Waals surface area contributed by atoms with Crippen molar-refractivity contribution >= 4 is 0 Å². The number of ether oxygens (including phenoxy) is 1. The topological polar surface area (TPSA) is 37.4 Å². The second-order valence-corrected chi connectivity index (χ2v) is 5.83. The molecule has 4 nitrogen and oxygen atoms in total. The Labute approximate surface area is 115 Å². The van der Waals surface area contributed by atoms with Gasteiger partial charge < -0.3 is 10.1 Å². The number of nitrogens with zero attached hydrogens (tertiary/aromatic N) is 2. The van der Waals surface area contributed by atoms with Crippen molar-refractivity contribution in [1.29, 1.82) is 0 Å². The normalized spacial score (nSPS) is 22.8. The molecule has 2 fully saturated rings. The van der Waals surface area contributed by atoms with Crippen LogP contribution in [-0.4, -0.2) is 42.2 Å². The summed E-state index contributed by atoms with van der Waals surface area (Å²) in [5.74, 6) is 0.691. The summed E-state index contributed by atoms with van der Waals surface area (Å²) in [6.07, 6.45) is 7.37. The molecule has 1 saturated heterocycles. The lowest BCUT2D eigenvalue weighted by molar-refractivity contribution is 0.128. The number of rotatable bonds is 3. The van der Waals surface area contributed by atoms with E-state index in [1.807, 2.05) is 12.3 Å². The van der Waals surface area contributed by atoms with Gasteiger partial charge in [-0.2, -0.15) is 0 Å².